The molecule has 2 saturated carbocycles. The first-order chi connectivity index (χ1) is 7.16. The lowest BCUT2D eigenvalue weighted by Crippen LogP contribution is -2.43. The van der Waals surface area contributed by atoms with Gasteiger partial charge in [0.25, 0.3) is 0 Å². The summed E-state index contributed by atoms with van der Waals surface area (Å²) in [5.74, 6) is -0.189. The van der Waals surface area contributed by atoms with Crippen molar-refractivity contribution in [2.24, 2.45) is 11.8 Å². The van der Waals surface area contributed by atoms with E-state index >= 15 is 0 Å². The summed E-state index contributed by atoms with van der Waals surface area (Å²) in [6, 6.07) is -0.129. The van der Waals surface area contributed by atoms with Gasteiger partial charge in [0.15, 0.2) is 0 Å². The Morgan fingerprint density at radius 1 is 1.27 bits per heavy atom. The summed E-state index contributed by atoms with van der Waals surface area (Å²) in [6.45, 7) is 0. The van der Waals surface area contributed by atoms with Gasteiger partial charge in [-0.2, -0.15) is 0 Å². The van der Waals surface area contributed by atoms with Crippen molar-refractivity contribution in [1.82, 2.24) is 5.32 Å². The maximum Gasteiger partial charge on any atom is 0.305 e. The summed E-state index contributed by atoms with van der Waals surface area (Å²) in [6.07, 6.45) is 5.26. The first kappa shape index (κ1) is 10.5. The van der Waals surface area contributed by atoms with Crippen LogP contribution in [0.1, 0.15) is 38.5 Å². The van der Waals surface area contributed by atoms with Crippen molar-refractivity contribution in [1.29, 1.82) is 0 Å². The minimum atomic E-state index is -0.819. The summed E-state index contributed by atoms with van der Waals surface area (Å²) in [5, 5.41) is 11.6. The summed E-state index contributed by atoms with van der Waals surface area (Å²) in [7, 11) is 0. The van der Waals surface area contributed by atoms with Gasteiger partial charge in [-0.3, -0.25) is 9.59 Å². The van der Waals surface area contributed by atoms with Crippen LogP contribution in [0.15, 0.2) is 0 Å². The maximum atomic E-state index is 11.6. The Labute approximate surface area is 89.0 Å². The molecule has 4 heteroatoms. The fourth-order valence-electron chi connectivity index (χ4n) is 1.99. The van der Waals surface area contributed by atoms with Crippen molar-refractivity contribution >= 4 is 11.9 Å². The molecule has 2 N–H and O–H groups in total. The van der Waals surface area contributed by atoms with Gasteiger partial charge in [-0.25, -0.2) is 0 Å². The molecular formula is C11H17NO3. The van der Waals surface area contributed by atoms with Gasteiger partial charge in [-0.15, -0.1) is 0 Å². The number of aliphatic carboxylic acids is 1. The number of carbonyl (C=O) groups is 2. The van der Waals surface area contributed by atoms with E-state index in [-0.39, 0.29) is 24.3 Å². The molecule has 0 unspecified atom stereocenters. The van der Waals surface area contributed by atoms with Crippen LogP contribution < -0.4 is 5.32 Å². The van der Waals surface area contributed by atoms with Crippen molar-refractivity contribution in [3.05, 3.63) is 0 Å². The van der Waals surface area contributed by atoms with E-state index in [4.69, 9.17) is 5.11 Å². The van der Waals surface area contributed by atoms with Crippen molar-refractivity contribution < 1.29 is 14.7 Å². The average molecular weight is 211 g/mol. The third-order valence-electron chi connectivity index (χ3n) is 3.39. The molecule has 0 aliphatic heterocycles. The molecule has 0 saturated heterocycles. The van der Waals surface area contributed by atoms with Crippen LogP contribution in [0.25, 0.3) is 0 Å². The van der Waals surface area contributed by atoms with Gasteiger partial charge in [0.2, 0.25) is 5.91 Å². The first-order valence-electron chi connectivity index (χ1n) is 5.69. The first-order valence-corrected chi connectivity index (χ1v) is 5.69. The van der Waals surface area contributed by atoms with E-state index in [9.17, 15) is 9.59 Å². The minimum absolute atomic E-state index is 0.0689. The molecule has 15 heavy (non-hydrogen) atoms. The summed E-state index contributed by atoms with van der Waals surface area (Å²) in [5.41, 5.74) is 0. The third-order valence-corrected chi connectivity index (χ3v) is 3.39. The molecule has 2 aliphatic rings. The fraction of sp³-hybridized carbons (Fsp3) is 0.818. The van der Waals surface area contributed by atoms with Crippen LogP contribution in [-0.4, -0.2) is 23.0 Å². The van der Waals surface area contributed by atoms with E-state index < -0.39 is 5.97 Å². The Hall–Kier alpha value is -1.06. The highest BCUT2D eigenvalue weighted by Gasteiger charge is 2.35. The highest BCUT2D eigenvalue weighted by Crippen LogP contribution is 2.35. The highest BCUT2D eigenvalue weighted by atomic mass is 16.4. The van der Waals surface area contributed by atoms with Crippen LogP contribution in [0.3, 0.4) is 0 Å². The van der Waals surface area contributed by atoms with E-state index in [0.29, 0.717) is 5.92 Å². The van der Waals surface area contributed by atoms with Crippen molar-refractivity contribution in [3.8, 4) is 0 Å². The lowest BCUT2D eigenvalue weighted by molar-refractivity contribution is -0.138. The minimum Gasteiger partial charge on any atom is -0.481 e. The quantitative estimate of drug-likeness (QED) is 0.717. The third kappa shape index (κ3) is 2.70. The molecule has 0 bridgehead atoms. The van der Waals surface area contributed by atoms with E-state index in [1.807, 2.05) is 0 Å². The zero-order valence-electron chi connectivity index (χ0n) is 8.74. The number of amides is 1. The van der Waals surface area contributed by atoms with Gasteiger partial charge in [-0.1, -0.05) is 6.42 Å². The SMILES string of the molecule is O=C(O)C[C@H](NC(=O)C1CCC1)C1CC1. The molecule has 1 amide bonds. The van der Waals surface area contributed by atoms with Crippen LogP contribution in [0.2, 0.25) is 0 Å². The van der Waals surface area contributed by atoms with E-state index in [1.165, 1.54) is 0 Å². The van der Waals surface area contributed by atoms with Gasteiger partial charge in [0.1, 0.15) is 0 Å². The molecule has 0 spiro atoms. The number of carbonyl (C=O) groups excluding carboxylic acids is 1. The van der Waals surface area contributed by atoms with E-state index in [0.717, 1.165) is 32.1 Å². The molecular weight excluding hydrogens is 194 g/mol. The standard InChI is InChI=1S/C11H17NO3/c13-10(14)6-9(7-4-5-7)12-11(15)8-2-1-3-8/h7-9H,1-6H2,(H,12,15)(H,13,14)/t9-/m0/s1. The van der Waals surface area contributed by atoms with Crippen molar-refractivity contribution in [3.63, 3.8) is 0 Å². The largest absolute Gasteiger partial charge is 0.481 e. The number of rotatable bonds is 5. The molecule has 0 radical (unpaired) electrons. The number of nitrogens with one attached hydrogen (secondary N) is 1. The van der Waals surface area contributed by atoms with Crippen molar-refractivity contribution in [2.75, 3.05) is 0 Å². The van der Waals surface area contributed by atoms with Crippen LogP contribution in [-0.2, 0) is 9.59 Å². The summed E-state index contributed by atoms with van der Waals surface area (Å²) < 4.78 is 0. The van der Waals surface area contributed by atoms with Crippen LogP contribution in [0.5, 0.6) is 0 Å². The predicted molar refractivity (Wildman–Crippen MR) is 54.2 cm³/mol. The number of hydrogen-bond acceptors (Lipinski definition) is 2. The second-order valence-electron chi connectivity index (χ2n) is 4.68. The van der Waals surface area contributed by atoms with E-state index in [1.54, 1.807) is 0 Å². The number of carboxylic acid groups (broad SMARTS) is 1. The lowest BCUT2D eigenvalue weighted by atomic mass is 9.84. The van der Waals surface area contributed by atoms with Crippen LogP contribution >= 0.6 is 0 Å². The topological polar surface area (TPSA) is 66.4 Å². The Balaban J connectivity index is 1.82. The molecule has 84 valence electrons. The second kappa shape index (κ2) is 4.21. The Morgan fingerprint density at radius 2 is 1.93 bits per heavy atom. The zero-order chi connectivity index (χ0) is 10.8. The molecule has 1 atom stereocenters. The maximum absolute atomic E-state index is 11.6. The molecule has 2 rings (SSSR count). The molecule has 2 fully saturated rings. The summed E-state index contributed by atoms with van der Waals surface area (Å²) >= 11 is 0. The molecule has 0 heterocycles. The second-order valence-corrected chi connectivity index (χ2v) is 4.68. The smallest absolute Gasteiger partial charge is 0.305 e. The number of carboxylic acids is 1. The van der Waals surface area contributed by atoms with Crippen LogP contribution in [0.4, 0.5) is 0 Å². The number of hydrogen-bond donors (Lipinski definition) is 2. The van der Waals surface area contributed by atoms with Gasteiger partial charge in [0.05, 0.1) is 6.42 Å². The van der Waals surface area contributed by atoms with E-state index in [2.05, 4.69) is 5.32 Å². The van der Waals surface area contributed by atoms with Gasteiger partial charge in [0, 0.05) is 12.0 Å². The van der Waals surface area contributed by atoms with Gasteiger partial charge >= 0.3 is 5.97 Å². The Bertz CT molecular complexity index is 269. The zero-order valence-corrected chi connectivity index (χ0v) is 8.74. The molecule has 2 aliphatic carbocycles. The highest BCUT2D eigenvalue weighted by molar-refractivity contribution is 5.80. The molecule has 4 nitrogen and oxygen atoms in total. The van der Waals surface area contributed by atoms with Crippen LogP contribution in [0, 0.1) is 11.8 Å². The monoisotopic (exact) mass is 211 g/mol. The molecule has 0 aromatic heterocycles. The lowest BCUT2D eigenvalue weighted by Gasteiger charge is -2.27. The normalized spacial score (nSPS) is 22.9. The van der Waals surface area contributed by atoms with Gasteiger partial charge < -0.3 is 10.4 Å². The van der Waals surface area contributed by atoms with Crippen molar-refractivity contribution in [2.45, 2.75) is 44.6 Å². The Morgan fingerprint density at radius 3 is 2.33 bits per heavy atom. The molecule has 0 aromatic carbocycles. The Kier molecular flexibility index (Phi) is 2.93. The van der Waals surface area contributed by atoms with Gasteiger partial charge in [-0.05, 0) is 31.6 Å². The molecule has 0 aromatic rings. The fourth-order valence-corrected chi connectivity index (χ4v) is 1.99. The predicted octanol–water partition coefficient (Wildman–Crippen LogP) is 1.16. The summed E-state index contributed by atoms with van der Waals surface area (Å²) in [4.78, 5) is 22.3. The average Bonchev–Trinajstić information content (AvgIpc) is 2.79.